The predicted molar refractivity (Wildman–Crippen MR) is 56.7 cm³/mol. The van der Waals surface area contributed by atoms with Gasteiger partial charge in [0.05, 0.1) is 6.10 Å². The van der Waals surface area contributed by atoms with Gasteiger partial charge >= 0.3 is 0 Å². The number of anilines is 1. The summed E-state index contributed by atoms with van der Waals surface area (Å²) in [5.74, 6) is -0.231. The summed E-state index contributed by atoms with van der Waals surface area (Å²) < 4.78 is 13.4. The fourth-order valence-corrected chi connectivity index (χ4v) is 1.91. The van der Waals surface area contributed by atoms with Crippen molar-refractivity contribution in [2.45, 2.75) is 19.1 Å². The number of likely N-dealkylation sites (tertiary alicyclic amines) is 1. The summed E-state index contributed by atoms with van der Waals surface area (Å²) in [7, 11) is 0. The second kappa shape index (κ2) is 4.16. The molecule has 0 spiro atoms. The standard InChI is InChI=1S/C11H15FN2O/c12-11-2-1-9(13)5-8(11)6-14-4-3-10(15)7-14/h1-2,5,10,15H,3-4,6-7,13H2/t10-/m1/s1. The SMILES string of the molecule is Nc1ccc(F)c(CN2CC[C@@H](O)C2)c1. The number of nitrogens with zero attached hydrogens (tertiary/aromatic N) is 1. The van der Waals surface area contributed by atoms with E-state index in [1.54, 1.807) is 12.1 Å². The maximum atomic E-state index is 13.4. The number of benzene rings is 1. The summed E-state index contributed by atoms with van der Waals surface area (Å²) in [6, 6.07) is 4.59. The van der Waals surface area contributed by atoms with Crippen molar-refractivity contribution in [2.24, 2.45) is 0 Å². The summed E-state index contributed by atoms with van der Waals surface area (Å²) in [6.07, 6.45) is 0.498. The highest BCUT2D eigenvalue weighted by atomic mass is 19.1. The van der Waals surface area contributed by atoms with E-state index in [1.165, 1.54) is 6.07 Å². The van der Waals surface area contributed by atoms with Crippen LogP contribution in [-0.2, 0) is 6.54 Å². The van der Waals surface area contributed by atoms with E-state index in [-0.39, 0.29) is 11.9 Å². The number of nitrogens with two attached hydrogens (primary N) is 1. The van der Waals surface area contributed by atoms with Gasteiger partial charge in [-0.25, -0.2) is 4.39 Å². The van der Waals surface area contributed by atoms with Gasteiger partial charge in [0.25, 0.3) is 0 Å². The van der Waals surface area contributed by atoms with Crippen LogP contribution in [0, 0.1) is 5.82 Å². The van der Waals surface area contributed by atoms with Gasteiger partial charge in [0.2, 0.25) is 0 Å². The molecule has 0 aliphatic carbocycles. The lowest BCUT2D eigenvalue weighted by atomic mass is 10.2. The van der Waals surface area contributed by atoms with Crippen LogP contribution < -0.4 is 5.73 Å². The topological polar surface area (TPSA) is 49.5 Å². The molecule has 1 atom stereocenters. The van der Waals surface area contributed by atoms with Gasteiger partial charge < -0.3 is 10.8 Å². The van der Waals surface area contributed by atoms with Crippen molar-refractivity contribution in [1.82, 2.24) is 4.90 Å². The van der Waals surface area contributed by atoms with Crippen LogP contribution in [0.3, 0.4) is 0 Å². The van der Waals surface area contributed by atoms with Gasteiger partial charge in [-0.15, -0.1) is 0 Å². The maximum absolute atomic E-state index is 13.4. The Morgan fingerprint density at radius 1 is 1.53 bits per heavy atom. The van der Waals surface area contributed by atoms with E-state index in [0.717, 1.165) is 13.0 Å². The molecule has 0 unspecified atom stereocenters. The van der Waals surface area contributed by atoms with Gasteiger partial charge in [-0.2, -0.15) is 0 Å². The zero-order valence-corrected chi connectivity index (χ0v) is 8.49. The van der Waals surface area contributed by atoms with Gasteiger partial charge in [-0.1, -0.05) is 0 Å². The van der Waals surface area contributed by atoms with Crippen LogP contribution in [0.1, 0.15) is 12.0 Å². The Kier molecular flexibility index (Phi) is 2.88. The van der Waals surface area contributed by atoms with E-state index in [0.29, 0.717) is 24.3 Å². The van der Waals surface area contributed by atoms with E-state index < -0.39 is 0 Å². The Bertz CT molecular complexity index is 356. The zero-order chi connectivity index (χ0) is 10.8. The second-order valence-electron chi connectivity index (χ2n) is 4.03. The number of nitrogen functional groups attached to an aromatic ring is 1. The number of aliphatic hydroxyl groups is 1. The third-order valence-electron chi connectivity index (χ3n) is 2.71. The smallest absolute Gasteiger partial charge is 0.127 e. The first kappa shape index (κ1) is 10.4. The molecule has 1 aromatic rings. The molecule has 1 aromatic carbocycles. The molecule has 0 radical (unpaired) electrons. The van der Waals surface area contributed by atoms with Gasteiger partial charge in [-0.05, 0) is 24.6 Å². The van der Waals surface area contributed by atoms with E-state index in [1.807, 2.05) is 4.90 Å². The summed E-state index contributed by atoms with van der Waals surface area (Å²) >= 11 is 0. The highest BCUT2D eigenvalue weighted by Gasteiger charge is 2.20. The van der Waals surface area contributed by atoms with Crippen LogP contribution in [0.5, 0.6) is 0 Å². The number of rotatable bonds is 2. The third-order valence-corrected chi connectivity index (χ3v) is 2.71. The number of hydrogen-bond acceptors (Lipinski definition) is 3. The van der Waals surface area contributed by atoms with Crippen LogP contribution >= 0.6 is 0 Å². The van der Waals surface area contributed by atoms with Gasteiger partial charge in [0, 0.05) is 30.9 Å². The molecule has 0 bridgehead atoms. The van der Waals surface area contributed by atoms with Crippen LogP contribution in [-0.4, -0.2) is 29.2 Å². The molecule has 1 heterocycles. The lowest BCUT2D eigenvalue weighted by molar-refractivity contribution is 0.174. The molecule has 1 aliphatic rings. The fraction of sp³-hybridized carbons (Fsp3) is 0.455. The first-order valence-electron chi connectivity index (χ1n) is 5.09. The molecule has 3 N–H and O–H groups in total. The molecular formula is C11H15FN2O. The summed E-state index contributed by atoms with van der Waals surface area (Å²) in [6.45, 7) is 1.96. The minimum absolute atomic E-state index is 0.231. The Hall–Kier alpha value is -1.13. The van der Waals surface area contributed by atoms with Crippen LogP contribution in [0.2, 0.25) is 0 Å². The number of aliphatic hydroxyl groups excluding tert-OH is 1. The van der Waals surface area contributed by atoms with E-state index in [4.69, 9.17) is 5.73 Å². The average Bonchev–Trinajstić information content (AvgIpc) is 2.58. The molecule has 15 heavy (non-hydrogen) atoms. The van der Waals surface area contributed by atoms with Crippen molar-refractivity contribution < 1.29 is 9.50 Å². The molecule has 1 aliphatic heterocycles. The lowest BCUT2D eigenvalue weighted by Crippen LogP contribution is -2.22. The molecule has 0 saturated carbocycles. The first-order chi connectivity index (χ1) is 7.15. The highest BCUT2D eigenvalue weighted by molar-refractivity contribution is 5.41. The van der Waals surface area contributed by atoms with Gasteiger partial charge in [-0.3, -0.25) is 4.90 Å². The Labute approximate surface area is 88.3 Å². The Morgan fingerprint density at radius 3 is 3.00 bits per heavy atom. The zero-order valence-electron chi connectivity index (χ0n) is 8.49. The molecule has 3 nitrogen and oxygen atoms in total. The van der Waals surface area contributed by atoms with Crippen molar-refractivity contribution in [3.05, 3.63) is 29.6 Å². The van der Waals surface area contributed by atoms with E-state index >= 15 is 0 Å². The lowest BCUT2D eigenvalue weighted by Gasteiger charge is -2.15. The van der Waals surface area contributed by atoms with Crippen LogP contribution in [0.25, 0.3) is 0 Å². The molecule has 0 aromatic heterocycles. The minimum atomic E-state index is -0.269. The van der Waals surface area contributed by atoms with Crippen LogP contribution in [0.4, 0.5) is 10.1 Å². The van der Waals surface area contributed by atoms with Crippen molar-refractivity contribution in [2.75, 3.05) is 18.8 Å². The number of β-amino-alcohol motifs (C(OH)–C–C–N with tert-alkyl or cyclic N) is 1. The summed E-state index contributed by atoms with van der Waals surface area (Å²) in [5, 5.41) is 9.34. The monoisotopic (exact) mass is 210 g/mol. The molecule has 0 amide bonds. The van der Waals surface area contributed by atoms with Crippen molar-refractivity contribution >= 4 is 5.69 Å². The number of hydrogen-bond donors (Lipinski definition) is 2. The minimum Gasteiger partial charge on any atom is -0.399 e. The summed E-state index contributed by atoms with van der Waals surface area (Å²) in [4.78, 5) is 2.03. The highest BCUT2D eigenvalue weighted by Crippen LogP contribution is 2.17. The fourth-order valence-electron chi connectivity index (χ4n) is 1.91. The van der Waals surface area contributed by atoms with Crippen molar-refractivity contribution in [3.63, 3.8) is 0 Å². The van der Waals surface area contributed by atoms with Gasteiger partial charge in [0.15, 0.2) is 0 Å². The second-order valence-corrected chi connectivity index (χ2v) is 4.03. The Balaban J connectivity index is 2.07. The third kappa shape index (κ3) is 2.46. The normalized spacial score (nSPS) is 22.1. The maximum Gasteiger partial charge on any atom is 0.127 e. The first-order valence-corrected chi connectivity index (χ1v) is 5.09. The van der Waals surface area contributed by atoms with Crippen LogP contribution in [0.15, 0.2) is 18.2 Å². The van der Waals surface area contributed by atoms with Crippen molar-refractivity contribution in [1.29, 1.82) is 0 Å². The van der Waals surface area contributed by atoms with E-state index in [9.17, 15) is 9.50 Å². The van der Waals surface area contributed by atoms with E-state index in [2.05, 4.69) is 0 Å². The quantitative estimate of drug-likeness (QED) is 0.715. The molecule has 1 saturated heterocycles. The molecule has 2 rings (SSSR count). The average molecular weight is 210 g/mol. The predicted octanol–water partition coefficient (Wildman–Crippen LogP) is 0.975. The largest absolute Gasteiger partial charge is 0.399 e. The molecule has 4 heteroatoms. The molecular weight excluding hydrogens is 195 g/mol. The Morgan fingerprint density at radius 2 is 2.33 bits per heavy atom. The number of halogens is 1. The molecule has 1 fully saturated rings. The summed E-state index contributed by atoms with van der Waals surface area (Å²) in [5.41, 5.74) is 6.77. The molecule has 82 valence electrons. The van der Waals surface area contributed by atoms with Crippen molar-refractivity contribution in [3.8, 4) is 0 Å². The van der Waals surface area contributed by atoms with Gasteiger partial charge in [0.1, 0.15) is 5.82 Å².